The zero-order chi connectivity index (χ0) is 12.3. The van der Waals surface area contributed by atoms with Crippen LogP contribution in [0.15, 0.2) is 54.6 Å². The Morgan fingerprint density at radius 1 is 0.941 bits per heavy atom. The number of carbonyl (C=O) groups excluding carboxylic acids is 1. The summed E-state index contributed by atoms with van der Waals surface area (Å²) in [6, 6.07) is 16.4. The van der Waals surface area contributed by atoms with Crippen molar-refractivity contribution in [2.45, 2.75) is 6.10 Å². The van der Waals surface area contributed by atoms with Crippen LogP contribution in [0.1, 0.15) is 11.7 Å². The Labute approximate surface area is 99.0 Å². The number of benzene rings is 2. The molecule has 2 aromatic carbocycles. The van der Waals surface area contributed by atoms with Crippen LogP contribution in [0.2, 0.25) is 0 Å². The Hall–Kier alpha value is -2.13. The largest absolute Gasteiger partial charge is 0.547 e. The van der Waals surface area contributed by atoms with Crippen molar-refractivity contribution in [2.75, 3.05) is 0 Å². The zero-order valence-electron chi connectivity index (χ0n) is 9.04. The van der Waals surface area contributed by atoms with Crippen LogP contribution in [-0.4, -0.2) is 11.1 Å². The number of carbonyl (C=O) groups is 1. The highest BCUT2D eigenvalue weighted by atomic mass is 16.4. The quantitative estimate of drug-likeness (QED) is 0.855. The standard InChI is InChI=1S/C14H12O3/c15-13(14(16)17)12-8-6-11(7-9-12)10-4-2-1-3-5-10/h1-9,13,15H,(H,16,17)/p-1. The molecule has 3 nitrogen and oxygen atoms in total. The van der Waals surface area contributed by atoms with E-state index in [9.17, 15) is 15.0 Å². The highest BCUT2D eigenvalue weighted by Crippen LogP contribution is 2.21. The first-order valence-electron chi connectivity index (χ1n) is 5.23. The summed E-state index contributed by atoms with van der Waals surface area (Å²) in [4.78, 5) is 10.5. The maximum absolute atomic E-state index is 10.5. The van der Waals surface area contributed by atoms with Gasteiger partial charge >= 0.3 is 0 Å². The van der Waals surface area contributed by atoms with E-state index in [-0.39, 0.29) is 0 Å². The predicted octanol–water partition coefficient (Wildman–Crippen LogP) is 1.14. The maximum Gasteiger partial charge on any atom is 0.118 e. The number of aliphatic hydroxyl groups excluding tert-OH is 1. The van der Waals surface area contributed by atoms with Crippen molar-refractivity contribution in [1.29, 1.82) is 0 Å². The molecule has 0 heterocycles. The van der Waals surface area contributed by atoms with Gasteiger partial charge in [-0.1, -0.05) is 54.6 Å². The molecular formula is C14H11O3-. The van der Waals surface area contributed by atoms with E-state index < -0.39 is 12.1 Å². The van der Waals surface area contributed by atoms with Gasteiger partial charge in [0.2, 0.25) is 0 Å². The van der Waals surface area contributed by atoms with Gasteiger partial charge in [-0.2, -0.15) is 0 Å². The van der Waals surface area contributed by atoms with E-state index in [1.165, 1.54) is 0 Å². The van der Waals surface area contributed by atoms with Crippen LogP contribution in [0.4, 0.5) is 0 Å². The second-order valence-corrected chi connectivity index (χ2v) is 3.71. The predicted molar refractivity (Wildman–Crippen MR) is 61.8 cm³/mol. The number of carboxylic acids is 1. The number of carboxylic acid groups (broad SMARTS) is 1. The fourth-order valence-electron chi connectivity index (χ4n) is 1.62. The molecule has 17 heavy (non-hydrogen) atoms. The van der Waals surface area contributed by atoms with Crippen LogP contribution < -0.4 is 5.11 Å². The first kappa shape index (κ1) is 11.4. The number of rotatable bonds is 3. The molecule has 0 saturated heterocycles. The second kappa shape index (κ2) is 4.80. The van der Waals surface area contributed by atoms with Gasteiger partial charge in [0.25, 0.3) is 0 Å². The van der Waals surface area contributed by atoms with Gasteiger partial charge < -0.3 is 15.0 Å². The fourth-order valence-corrected chi connectivity index (χ4v) is 1.62. The van der Waals surface area contributed by atoms with E-state index in [4.69, 9.17) is 0 Å². The van der Waals surface area contributed by atoms with Gasteiger partial charge in [-0.3, -0.25) is 0 Å². The second-order valence-electron chi connectivity index (χ2n) is 3.71. The maximum atomic E-state index is 10.5. The number of aliphatic hydroxyl groups is 1. The minimum absolute atomic E-state index is 0.324. The third-order valence-corrected chi connectivity index (χ3v) is 2.56. The Morgan fingerprint density at radius 3 is 2.00 bits per heavy atom. The molecule has 0 fully saturated rings. The summed E-state index contributed by atoms with van der Waals surface area (Å²) in [6.07, 6.45) is -1.57. The smallest absolute Gasteiger partial charge is 0.118 e. The molecule has 2 aromatic rings. The lowest BCUT2D eigenvalue weighted by Gasteiger charge is -2.12. The van der Waals surface area contributed by atoms with Crippen molar-refractivity contribution in [3.05, 3.63) is 60.2 Å². The average molecular weight is 227 g/mol. The van der Waals surface area contributed by atoms with E-state index in [0.717, 1.165) is 11.1 Å². The van der Waals surface area contributed by atoms with Crippen molar-refractivity contribution in [1.82, 2.24) is 0 Å². The Balaban J connectivity index is 2.28. The molecule has 0 aliphatic carbocycles. The van der Waals surface area contributed by atoms with E-state index >= 15 is 0 Å². The number of hydrogen-bond donors (Lipinski definition) is 1. The fraction of sp³-hybridized carbons (Fsp3) is 0.0714. The lowest BCUT2D eigenvalue weighted by molar-refractivity contribution is -0.315. The molecule has 1 unspecified atom stereocenters. The Morgan fingerprint density at radius 2 is 1.47 bits per heavy atom. The van der Waals surface area contributed by atoms with Crippen LogP contribution in [-0.2, 0) is 4.79 Å². The molecule has 0 aliphatic heterocycles. The third-order valence-electron chi connectivity index (χ3n) is 2.56. The minimum atomic E-state index is -1.57. The summed E-state index contributed by atoms with van der Waals surface area (Å²) < 4.78 is 0. The molecule has 2 rings (SSSR count). The molecule has 0 aliphatic rings. The highest BCUT2D eigenvalue weighted by molar-refractivity contribution is 5.72. The zero-order valence-corrected chi connectivity index (χ0v) is 9.04. The van der Waals surface area contributed by atoms with Crippen molar-refractivity contribution in [3.63, 3.8) is 0 Å². The summed E-state index contributed by atoms with van der Waals surface area (Å²) in [7, 11) is 0. The SMILES string of the molecule is O=C([O-])C(O)c1ccc(-c2ccccc2)cc1. The lowest BCUT2D eigenvalue weighted by atomic mass is 10.0. The van der Waals surface area contributed by atoms with Crippen molar-refractivity contribution >= 4 is 5.97 Å². The molecule has 86 valence electrons. The first-order valence-corrected chi connectivity index (χ1v) is 5.23. The monoisotopic (exact) mass is 227 g/mol. The molecule has 0 aromatic heterocycles. The normalized spacial score (nSPS) is 12.1. The first-order chi connectivity index (χ1) is 8.18. The Kier molecular flexibility index (Phi) is 3.21. The molecule has 0 saturated carbocycles. The van der Waals surface area contributed by atoms with Gasteiger partial charge in [0.05, 0.1) is 5.97 Å². The summed E-state index contributed by atoms with van der Waals surface area (Å²) in [5.41, 5.74) is 2.34. The van der Waals surface area contributed by atoms with Crippen LogP contribution in [0.25, 0.3) is 11.1 Å². The summed E-state index contributed by atoms with van der Waals surface area (Å²) in [5, 5.41) is 19.8. The van der Waals surface area contributed by atoms with Gasteiger partial charge in [-0.05, 0) is 16.7 Å². The Bertz CT molecular complexity index is 503. The van der Waals surface area contributed by atoms with Crippen LogP contribution in [0.3, 0.4) is 0 Å². The van der Waals surface area contributed by atoms with E-state index in [0.29, 0.717) is 5.56 Å². The van der Waals surface area contributed by atoms with E-state index in [1.807, 2.05) is 30.3 Å². The van der Waals surface area contributed by atoms with Crippen molar-refractivity contribution < 1.29 is 15.0 Å². The molecule has 3 heteroatoms. The van der Waals surface area contributed by atoms with Crippen LogP contribution >= 0.6 is 0 Å². The minimum Gasteiger partial charge on any atom is -0.547 e. The average Bonchev–Trinajstić information content (AvgIpc) is 2.39. The molecule has 0 radical (unpaired) electrons. The van der Waals surface area contributed by atoms with Crippen molar-refractivity contribution in [2.24, 2.45) is 0 Å². The molecule has 1 N–H and O–H groups in total. The van der Waals surface area contributed by atoms with Gasteiger partial charge in [-0.25, -0.2) is 0 Å². The third kappa shape index (κ3) is 2.52. The van der Waals surface area contributed by atoms with E-state index in [2.05, 4.69) is 0 Å². The van der Waals surface area contributed by atoms with Crippen LogP contribution in [0.5, 0.6) is 0 Å². The molecular weight excluding hydrogens is 216 g/mol. The van der Waals surface area contributed by atoms with E-state index in [1.54, 1.807) is 24.3 Å². The summed E-state index contributed by atoms with van der Waals surface area (Å²) in [5.74, 6) is -1.49. The molecule has 0 spiro atoms. The lowest BCUT2D eigenvalue weighted by Crippen LogP contribution is -2.29. The topological polar surface area (TPSA) is 60.4 Å². The van der Waals surface area contributed by atoms with Gasteiger partial charge in [-0.15, -0.1) is 0 Å². The highest BCUT2D eigenvalue weighted by Gasteiger charge is 2.07. The molecule has 0 bridgehead atoms. The van der Waals surface area contributed by atoms with Crippen LogP contribution in [0, 0.1) is 0 Å². The number of hydrogen-bond acceptors (Lipinski definition) is 3. The summed E-state index contributed by atoms with van der Waals surface area (Å²) >= 11 is 0. The van der Waals surface area contributed by atoms with Gasteiger partial charge in [0.1, 0.15) is 6.10 Å². The number of aliphatic carboxylic acids is 1. The van der Waals surface area contributed by atoms with Gasteiger partial charge in [0.15, 0.2) is 0 Å². The molecule has 1 atom stereocenters. The van der Waals surface area contributed by atoms with Gasteiger partial charge in [0, 0.05) is 0 Å². The molecule has 0 amide bonds. The summed E-state index contributed by atoms with van der Waals surface area (Å²) in [6.45, 7) is 0. The van der Waals surface area contributed by atoms with Crippen molar-refractivity contribution in [3.8, 4) is 11.1 Å².